The van der Waals surface area contributed by atoms with Gasteiger partial charge in [0.2, 0.25) is 0 Å². The zero-order valence-electron chi connectivity index (χ0n) is 11.0. The van der Waals surface area contributed by atoms with E-state index in [1.165, 1.54) is 18.5 Å². The summed E-state index contributed by atoms with van der Waals surface area (Å²) in [5, 5.41) is 3.55. The van der Waals surface area contributed by atoms with E-state index < -0.39 is 0 Å². The summed E-state index contributed by atoms with van der Waals surface area (Å²) in [7, 11) is 0. The number of hydrogen-bond acceptors (Lipinski definition) is 3. The van der Waals surface area contributed by atoms with Gasteiger partial charge in [-0.05, 0) is 30.5 Å². The molecule has 5 heteroatoms. The van der Waals surface area contributed by atoms with Crippen LogP contribution in [0.5, 0.6) is 0 Å². The van der Waals surface area contributed by atoms with Crippen LogP contribution in [0.3, 0.4) is 0 Å². The van der Waals surface area contributed by atoms with Crippen LogP contribution in [0.1, 0.15) is 30.9 Å². The summed E-state index contributed by atoms with van der Waals surface area (Å²) in [5.74, 6) is 0.494. The summed E-state index contributed by atoms with van der Waals surface area (Å²) < 4.78 is 13.3. The molecule has 0 spiro atoms. The Morgan fingerprint density at radius 1 is 1.26 bits per heavy atom. The first-order valence-corrected chi connectivity index (χ1v) is 6.40. The van der Waals surface area contributed by atoms with Crippen LogP contribution in [0, 0.1) is 12.7 Å². The van der Waals surface area contributed by atoms with Crippen molar-refractivity contribution >= 4 is 23.1 Å². The van der Waals surface area contributed by atoms with E-state index >= 15 is 0 Å². The molecule has 1 aromatic carbocycles. The summed E-state index contributed by atoms with van der Waals surface area (Å²) in [6.45, 7) is 5.92. The lowest BCUT2D eigenvalue weighted by Gasteiger charge is -2.15. The number of benzene rings is 1. The van der Waals surface area contributed by atoms with Gasteiger partial charge in [0.25, 0.3) is 0 Å². The normalized spacial score (nSPS) is 10.8. The molecule has 0 fully saturated rings. The largest absolute Gasteiger partial charge is 0.340 e. The number of aryl methyl sites for hydroxylation is 1. The fraction of sp³-hybridized carbons (Fsp3) is 0.286. The molecule has 1 heterocycles. The predicted molar refractivity (Wildman–Crippen MR) is 75.6 cm³/mol. The van der Waals surface area contributed by atoms with Crippen molar-refractivity contribution in [3.63, 3.8) is 0 Å². The van der Waals surface area contributed by atoms with Gasteiger partial charge in [-0.25, -0.2) is 14.4 Å². The van der Waals surface area contributed by atoms with Crippen molar-refractivity contribution in [2.75, 3.05) is 5.32 Å². The van der Waals surface area contributed by atoms with E-state index in [1.54, 1.807) is 6.07 Å². The average molecular weight is 280 g/mol. The van der Waals surface area contributed by atoms with Crippen molar-refractivity contribution in [2.45, 2.75) is 26.7 Å². The summed E-state index contributed by atoms with van der Waals surface area (Å²) in [6.07, 6.45) is 1.39. The highest BCUT2D eigenvalue weighted by Gasteiger charge is 2.14. The highest BCUT2D eigenvalue weighted by molar-refractivity contribution is 6.30. The first kappa shape index (κ1) is 13.7. The van der Waals surface area contributed by atoms with Crippen LogP contribution in [0.4, 0.5) is 15.9 Å². The third-order valence-electron chi connectivity index (χ3n) is 2.87. The van der Waals surface area contributed by atoms with Gasteiger partial charge in [-0.1, -0.05) is 31.5 Å². The zero-order valence-corrected chi connectivity index (χ0v) is 11.8. The lowest BCUT2D eigenvalue weighted by Crippen LogP contribution is -2.04. The Kier molecular flexibility index (Phi) is 4.00. The van der Waals surface area contributed by atoms with Gasteiger partial charge in [0, 0.05) is 11.3 Å². The van der Waals surface area contributed by atoms with Gasteiger partial charge in [0.05, 0.1) is 0 Å². The number of halogens is 2. The fourth-order valence-corrected chi connectivity index (χ4v) is 2.19. The minimum absolute atomic E-state index is 0.171. The monoisotopic (exact) mass is 279 g/mol. The van der Waals surface area contributed by atoms with E-state index in [4.69, 9.17) is 11.6 Å². The molecular formula is C14H15ClFN3. The van der Waals surface area contributed by atoms with E-state index in [0.29, 0.717) is 16.7 Å². The SMILES string of the molecule is Cc1ccc(F)cc1Nc1ncnc(Cl)c1C(C)C. The quantitative estimate of drug-likeness (QED) is 0.844. The van der Waals surface area contributed by atoms with E-state index in [1.807, 2.05) is 20.8 Å². The number of rotatable bonds is 3. The molecule has 0 saturated heterocycles. The molecule has 1 N–H and O–H groups in total. The topological polar surface area (TPSA) is 37.8 Å². The molecule has 0 unspecified atom stereocenters. The minimum atomic E-state index is -0.292. The Balaban J connectivity index is 2.44. The first-order chi connectivity index (χ1) is 8.99. The molecule has 0 aliphatic heterocycles. The Hall–Kier alpha value is -1.68. The van der Waals surface area contributed by atoms with Crippen LogP contribution >= 0.6 is 11.6 Å². The second kappa shape index (κ2) is 5.53. The van der Waals surface area contributed by atoms with Gasteiger partial charge in [0.15, 0.2) is 0 Å². The van der Waals surface area contributed by atoms with Crippen LogP contribution in [-0.4, -0.2) is 9.97 Å². The maximum absolute atomic E-state index is 13.3. The van der Waals surface area contributed by atoms with Gasteiger partial charge in [-0.2, -0.15) is 0 Å². The van der Waals surface area contributed by atoms with Crippen LogP contribution in [0.25, 0.3) is 0 Å². The molecule has 0 amide bonds. The molecule has 0 aliphatic carbocycles. The second-order valence-electron chi connectivity index (χ2n) is 4.67. The maximum Gasteiger partial charge on any atom is 0.138 e. The molecular weight excluding hydrogens is 265 g/mol. The number of hydrogen-bond donors (Lipinski definition) is 1. The average Bonchev–Trinajstić information content (AvgIpc) is 2.33. The summed E-state index contributed by atoms with van der Waals surface area (Å²) in [4.78, 5) is 8.18. The van der Waals surface area contributed by atoms with Gasteiger partial charge in [-0.3, -0.25) is 0 Å². The summed E-state index contributed by atoms with van der Waals surface area (Å²) in [6, 6.07) is 4.59. The van der Waals surface area contributed by atoms with Gasteiger partial charge in [0.1, 0.15) is 23.1 Å². The van der Waals surface area contributed by atoms with E-state index in [-0.39, 0.29) is 11.7 Å². The molecule has 100 valence electrons. The molecule has 0 bridgehead atoms. The number of aromatic nitrogens is 2. The number of nitrogens with zero attached hydrogens (tertiary/aromatic N) is 2. The lowest BCUT2D eigenvalue weighted by molar-refractivity contribution is 0.628. The Bertz CT molecular complexity index is 599. The van der Waals surface area contributed by atoms with Gasteiger partial charge >= 0.3 is 0 Å². The van der Waals surface area contributed by atoms with E-state index in [2.05, 4.69) is 15.3 Å². The summed E-state index contributed by atoms with van der Waals surface area (Å²) in [5.41, 5.74) is 2.44. The molecule has 2 aromatic rings. The van der Waals surface area contributed by atoms with E-state index in [9.17, 15) is 4.39 Å². The van der Waals surface area contributed by atoms with Crippen molar-refractivity contribution in [3.05, 3.63) is 46.6 Å². The van der Waals surface area contributed by atoms with Crippen LogP contribution in [-0.2, 0) is 0 Å². The second-order valence-corrected chi connectivity index (χ2v) is 5.02. The smallest absolute Gasteiger partial charge is 0.138 e. The minimum Gasteiger partial charge on any atom is -0.340 e. The molecule has 2 rings (SSSR count). The van der Waals surface area contributed by atoms with Crippen molar-refractivity contribution in [3.8, 4) is 0 Å². The maximum atomic E-state index is 13.3. The predicted octanol–water partition coefficient (Wildman–Crippen LogP) is 4.44. The molecule has 1 aromatic heterocycles. The van der Waals surface area contributed by atoms with Gasteiger partial charge < -0.3 is 5.32 Å². The summed E-state index contributed by atoms with van der Waals surface area (Å²) >= 11 is 6.10. The van der Waals surface area contributed by atoms with Crippen molar-refractivity contribution < 1.29 is 4.39 Å². The van der Waals surface area contributed by atoms with Gasteiger partial charge in [-0.15, -0.1) is 0 Å². The van der Waals surface area contributed by atoms with E-state index in [0.717, 1.165) is 11.1 Å². The Labute approximate surface area is 116 Å². The number of anilines is 2. The molecule has 0 atom stereocenters. The number of nitrogens with one attached hydrogen (secondary N) is 1. The lowest BCUT2D eigenvalue weighted by atomic mass is 10.1. The molecule has 0 aliphatic rings. The van der Waals surface area contributed by atoms with Crippen LogP contribution in [0.2, 0.25) is 5.15 Å². The molecule has 0 saturated carbocycles. The van der Waals surface area contributed by atoms with Crippen LogP contribution in [0.15, 0.2) is 24.5 Å². The standard InChI is InChI=1S/C14H15ClFN3/c1-8(2)12-13(15)17-7-18-14(12)19-11-6-10(16)5-4-9(11)3/h4-8H,1-3H3,(H,17,18,19). The third-order valence-corrected chi connectivity index (χ3v) is 3.17. The van der Waals surface area contributed by atoms with Crippen molar-refractivity contribution in [2.24, 2.45) is 0 Å². The highest BCUT2D eigenvalue weighted by Crippen LogP contribution is 2.30. The van der Waals surface area contributed by atoms with Crippen LogP contribution < -0.4 is 5.32 Å². The Morgan fingerprint density at radius 3 is 2.68 bits per heavy atom. The highest BCUT2D eigenvalue weighted by atomic mass is 35.5. The molecule has 0 radical (unpaired) electrons. The third kappa shape index (κ3) is 3.01. The van der Waals surface area contributed by atoms with Crippen molar-refractivity contribution in [1.82, 2.24) is 9.97 Å². The Morgan fingerprint density at radius 2 is 2.00 bits per heavy atom. The first-order valence-electron chi connectivity index (χ1n) is 6.02. The van der Waals surface area contributed by atoms with Crippen molar-refractivity contribution in [1.29, 1.82) is 0 Å². The zero-order chi connectivity index (χ0) is 14.0. The fourth-order valence-electron chi connectivity index (χ4n) is 1.84. The molecule has 19 heavy (non-hydrogen) atoms. The molecule has 3 nitrogen and oxygen atoms in total.